The maximum Gasteiger partial charge on any atom is 0.255 e. The number of rotatable bonds is 4. The molecule has 3 aliphatic carbocycles. The van der Waals surface area contributed by atoms with Gasteiger partial charge in [-0.05, 0) is 62.3 Å². The maximum absolute atomic E-state index is 13.8. The first-order valence-corrected chi connectivity index (χ1v) is 11.2. The molecule has 6 N–H and O–H groups in total. The van der Waals surface area contributed by atoms with Gasteiger partial charge >= 0.3 is 0 Å². The number of fused-ring (bicyclic) bond motifs is 3. The van der Waals surface area contributed by atoms with Gasteiger partial charge in [0.1, 0.15) is 22.8 Å². The lowest BCUT2D eigenvalue weighted by Crippen LogP contribution is -2.65. The Bertz CT molecular complexity index is 1240. The number of hydrogen-bond donors (Lipinski definition) is 5. The summed E-state index contributed by atoms with van der Waals surface area (Å²) in [5.74, 6) is -6.60. The molecule has 10 nitrogen and oxygen atoms in total. The number of phenols is 1. The maximum atomic E-state index is 13.8. The summed E-state index contributed by atoms with van der Waals surface area (Å²) in [6.45, 7) is 0. The van der Waals surface area contributed by atoms with Crippen LogP contribution in [0.25, 0.3) is 11.8 Å². The molecule has 1 saturated carbocycles. The predicted octanol–water partition coefficient (Wildman–Crippen LogP) is 0.496. The normalized spacial score (nSPS) is 28.3. The molecule has 0 heterocycles. The number of ketones is 2. The molecular formula is C25H29N3O7. The van der Waals surface area contributed by atoms with Crippen molar-refractivity contribution in [3.05, 3.63) is 51.9 Å². The Morgan fingerprint density at radius 1 is 1.14 bits per heavy atom. The second-order valence-electron chi connectivity index (χ2n) is 9.77. The molecule has 0 aliphatic heterocycles. The van der Waals surface area contributed by atoms with E-state index >= 15 is 0 Å². The zero-order chi connectivity index (χ0) is 26.0. The van der Waals surface area contributed by atoms with Crippen LogP contribution >= 0.6 is 0 Å². The van der Waals surface area contributed by atoms with Crippen LogP contribution in [0.5, 0.6) is 5.75 Å². The van der Waals surface area contributed by atoms with Gasteiger partial charge in [0.25, 0.3) is 5.91 Å². The molecule has 0 bridgehead atoms. The van der Waals surface area contributed by atoms with Crippen LogP contribution in [0.1, 0.15) is 23.1 Å². The fourth-order valence-electron chi connectivity index (χ4n) is 5.65. The van der Waals surface area contributed by atoms with Gasteiger partial charge in [-0.3, -0.25) is 19.3 Å². The van der Waals surface area contributed by atoms with E-state index in [9.17, 15) is 34.8 Å². The second kappa shape index (κ2) is 8.24. The van der Waals surface area contributed by atoms with Crippen molar-refractivity contribution in [2.45, 2.75) is 24.5 Å². The summed E-state index contributed by atoms with van der Waals surface area (Å²) in [7, 11) is 6.83. The van der Waals surface area contributed by atoms with E-state index in [2.05, 4.69) is 0 Å². The molecule has 1 amide bonds. The van der Waals surface area contributed by atoms with Gasteiger partial charge in [0.2, 0.25) is 5.78 Å². The van der Waals surface area contributed by atoms with Crippen molar-refractivity contribution in [1.82, 2.24) is 9.80 Å². The molecule has 1 aromatic carbocycles. The number of phenolic OH excluding ortho intramolecular Hbond substituents is 1. The fourth-order valence-corrected chi connectivity index (χ4v) is 5.65. The quantitative estimate of drug-likeness (QED) is 0.383. The number of nitrogens with two attached hydrogens (primary N) is 1. The molecule has 0 spiro atoms. The first-order chi connectivity index (χ1) is 16.3. The van der Waals surface area contributed by atoms with Gasteiger partial charge in [0.05, 0.1) is 11.6 Å². The van der Waals surface area contributed by atoms with Crippen LogP contribution in [0.15, 0.2) is 35.2 Å². The molecule has 0 radical (unpaired) electrons. The van der Waals surface area contributed by atoms with Gasteiger partial charge in [0.15, 0.2) is 11.4 Å². The number of likely N-dealkylation sites (N-methyl/N-ethyl adjacent to an activating group) is 1. The monoisotopic (exact) mass is 483 g/mol. The summed E-state index contributed by atoms with van der Waals surface area (Å²) >= 11 is 0. The van der Waals surface area contributed by atoms with Gasteiger partial charge in [0, 0.05) is 25.6 Å². The van der Waals surface area contributed by atoms with E-state index in [1.54, 1.807) is 20.2 Å². The topological polar surface area (TPSA) is 165 Å². The average molecular weight is 484 g/mol. The van der Waals surface area contributed by atoms with Gasteiger partial charge in [-0.15, -0.1) is 0 Å². The Labute approximate surface area is 202 Å². The number of benzene rings is 1. The SMILES string of the molecule is CN(C)/C=C/c1ccc(O)c2c1C[C@H]1C[C@H]3[C@@H](N(C)C)C(=O)C(C(N)=O)=C(O)[C@@]3(O)C(=O)C1=C2O. The molecule has 0 unspecified atom stereocenters. The summed E-state index contributed by atoms with van der Waals surface area (Å²) in [6.07, 6.45) is 3.93. The molecule has 3 aliphatic rings. The molecule has 0 saturated heterocycles. The Kier molecular flexibility index (Phi) is 5.77. The Balaban J connectivity index is 1.96. The highest BCUT2D eigenvalue weighted by Gasteiger charge is 2.64. The number of aliphatic hydroxyl groups is 3. The summed E-state index contributed by atoms with van der Waals surface area (Å²) < 4.78 is 0. The van der Waals surface area contributed by atoms with Crippen molar-refractivity contribution >= 4 is 29.3 Å². The van der Waals surface area contributed by atoms with E-state index in [0.29, 0.717) is 5.56 Å². The molecule has 1 aromatic rings. The van der Waals surface area contributed by atoms with E-state index in [1.807, 2.05) is 31.3 Å². The number of hydrogen-bond acceptors (Lipinski definition) is 9. The minimum atomic E-state index is -2.64. The number of carbonyl (C=O) groups excluding carboxylic acids is 3. The number of nitrogens with zero attached hydrogens (tertiary/aromatic N) is 2. The Morgan fingerprint density at radius 3 is 2.37 bits per heavy atom. The average Bonchev–Trinajstić information content (AvgIpc) is 2.75. The zero-order valence-corrected chi connectivity index (χ0v) is 19.9. The van der Waals surface area contributed by atoms with Crippen molar-refractivity contribution in [2.75, 3.05) is 28.2 Å². The number of primary amides is 1. The third kappa shape index (κ3) is 3.43. The molecule has 1 fully saturated rings. The molecule has 4 atom stereocenters. The van der Waals surface area contributed by atoms with Crippen LogP contribution in [0.4, 0.5) is 0 Å². The first kappa shape index (κ1) is 24.5. The number of aliphatic hydroxyl groups excluding tert-OH is 2. The van der Waals surface area contributed by atoms with E-state index in [4.69, 9.17) is 5.73 Å². The fraction of sp³-hybridized carbons (Fsp3) is 0.400. The molecule has 10 heteroatoms. The number of carbonyl (C=O) groups is 3. The smallest absolute Gasteiger partial charge is 0.255 e. The summed E-state index contributed by atoms with van der Waals surface area (Å²) in [5.41, 5.74) is 3.11. The third-order valence-corrected chi connectivity index (χ3v) is 7.19. The first-order valence-electron chi connectivity index (χ1n) is 11.2. The predicted molar refractivity (Wildman–Crippen MR) is 127 cm³/mol. The molecule has 0 aromatic heterocycles. The minimum Gasteiger partial charge on any atom is -0.508 e. The van der Waals surface area contributed by atoms with E-state index in [0.717, 1.165) is 5.56 Å². The molecule has 35 heavy (non-hydrogen) atoms. The molecular weight excluding hydrogens is 454 g/mol. The van der Waals surface area contributed by atoms with Gasteiger partial charge < -0.3 is 31.1 Å². The Hall–Kier alpha value is -3.63. The number of amides is 1. The third-order valence-electron chi connectivity index (χ3n) is 7.19. The highest BCUT2D eigenvalue weighted by Crippen LogP contribution is 2.53. The van der Waals surface area contributed by atoms with Gasteiger partial charge in [-0.1, -0.05) is 6.07 Å². The summed E-state index contributed by atoms with van der Waals surface area (Å²) in [4.78, 5) is 42.2. The summed E-state index contributed by atoms with van der Waals surface area (Å²) in [5, 5.41) is 44.2. The van der Waals surface area contributed by atoms with Crippen LogP contribution in [-0.4, -0.2) is 87.5 Å². The van der Waals surface area contributed by atoms with E-state index < -0.39 is 58.0 Å². The van der Waals surface area contributed by atoms with Crippen LogP contribution in [0, 0.1) is 11.8 Å². The lowest BCUT2D eigenvalue weighted by Gasteiger charge is -2.50. The lowest BCUT2D eigenvalue weighted by molar-refractivity contribution is -0.153. The highest BCUT2D eigenvalue weighted by atomic mass is 16.3. The van der Waals surface area contributed by atoms with Crippen LogP contribution in [-0.2, 0) is 20.8 Å². The second-order valence-corrected chi connectivity index (χ2v) is 9.77. The number of Topliss-reactive ketones (excluding diaryl/α,β-unsaturated/α-hetero) is 2. The van der Waals surface area contributed by atoms with Crippen LogP contribution in [0.3, 0.4) is 0 Å². The minimum absolute atomic E-state index is 0.0538. The van der Waals surface area contributed by atoms with Gasteiger partial charge in [-0.2, -0.15) is 0 Å². The van der Waals surface area contributed by atoms with Crippen molar-refractivity contribution in [1.29, 1.82) is 0 Å². The highest BCUT2D eigenvalue weighted by molar-refractivity contribution is 6.24. The largest absolute Gasteiger partial charge is 0.508 e. The van der Waals surface area contributed by atoms with Crippen LogP contribution < -0.4 is 5.73 Å². The summed E-state index contributed by atoms with van der Waals surface area (Å²) in [6, 6.07) is 2.00. The van der Waals surface area contributed by atoms with Crippen molar-refractivity contribution in [2.24, 2.45) is 17.6 Å². The number of aromatic hydroxyl groups is 1. The molecule has 4 rings (SSSR count). The van der Waals surface area contributed by atoms with Gasteiger partial charge in [-0.25, -0.2) is 0 Å². The zero-order valence-electron chi connectivity index (χ0n) is 19.9. The van der Waals surface area contributed by atoms with E-state index in [-0.39, 0.29) is 29.7 Å². The van der Waals surface area contributed by atoms with E-state index in [1.165, 1.54) is 11.0 Å². The van der Waals surface area contributed by atoms with Crippen molar-refractivity contribution in [3.63, 3.8) is 0 Å². The lowest BCUT2D eigenvalue weighted by atomic mass is 9.57. The van der Waals surface area contributed by atoms with Crippen molar-refractivity contribution in [3.8, 4) is 5.75 Å². The molecule has 186 valence electrons. The van der Waals surface area contributed by atoms with Crippen LogP contribution in [0.2, 0.25) is 0 Å². The van der Waals surface area contributed by atoms with Crippen molar-refractivity contribution < 1.29 is 34.8 Å². The Morgan fingerprint density at radius 2 is 1.80 bits per heavy atom. The standard InChI is InChI=1S/C25H29N3O7/c1-27(2)8-7-11-5-6-15(29)17-13(11)9-12-10-14-19(28(3)4)21(31)18(24(26)34)23(33)25(14,35)22(32)16(12)20(17)30/h5-8,12,14,19,29-30,33,35H,9-10H2,1-4H3,(H2,26,34)/b8-7+/t12-,14-,19+,25-/m0/s1.